The summed E-state index contributed by atoms with van der Waals surface area (Å²) in [5.41, 5.74) is 2.29. The van der Waals surface area contributed by atoms with Crippen molar-refractivity contribution in [2.75, 3.05) is 13.6 Å². The van der Waals surface area contributed by atoms with E-state index >= 15 is 0 Å². The Morgan fingerprint density at radius 1 is 0.946 bits per heavy atom. The molecule has 0 unspecified atom stereocenters. The van der Waals surface area contributed by atoms with Crippen molar-refractivity contribution in [1.29, 1.82) is 0 Å². The van der Waals surface area contributed by atoms with Gasteiger partial charge in [0.15, 0.2) is 0 Å². The summed E-state index contributed by atoms with van der Waals surface area (Å²) in [5, 5.41) is 5.80. The minimum absolute atomic E-state index is 0.0851. The van der Waals surface area contributed by atoms with Crippen molar-refractivity contribution in [3.63, 3.8) is 0 Å². The number of likely N-dealkylation sites (N-methyl/N-ethyl adjacent to an activating group) is 1. The van der Waals surface area contributed by atoms with Gasteiger partial charge in [-0.1, -0.05) is 101 Å². The average molecular weight is 506 g/mol. The summed E-state index contributed by atoms with van der Waals surface area (Å²) in [5.74, 6) is -0.691. The smallest absolute Gasteiger partial charge is 0.246 e. The van der Waals surface area contributed by atoms with E-state index in [-0.39, 0.29) is 47.6 Å². The topological polar surface area (TPSA) is 78.5 Å². The number of nitrogens with zero attached hydrogens (tertiary/aromatic N) is 1. The van der Waals surface area contributed by atoms with E-state index in [1.807, 2.05) is 87.5 Å². The van der Waals surface area contributed by atoms with Crippen molar-refractivity contribution in [3.8, 4) is 0 Å². The van der Waals surface area contributed by atoms with Gasteiger partial charge in [-0.2, -0.15) is 0 Å². The highest BCUT2D eigenvalue weighted by atomic mass is 16.2. The second-order valence-electron chi connectivity index (χ2n) is 10.5. The molecule has 0 aromatic heterocycles. The van der Waals surface area contributed by atoms with E-state index in [0.29, 0.717) is 18.5 Å². The Bertz CT molecular complexity index is 1060. The van der Waals surface area contributed by atoms with Crippen LogP contribution < -0.4 is 10.6 Å². The van der Waals surface area contributed by atoms with Crippen molar-refractivity contribution in [1.82, 2.24) is 15.5 Å². The van der Waals surface area contributed by atoms with Gasteiger partial charge in [-0.25, -0.2) is 0 Å². The molecule has 2 aromatic rings. The first-order valence-electron chi connectivity index (χ1n) is 13.1. The molecule has 6 nitrogen and oxygen atoms in total. The van der Waals surface area contributed by atoms with Gasteiger partial charge in [0.25, 0.3) is 0 Å². The zero-order chi connectivity index (χ0) is 27.6. The van der Waals surface area contributed by atoms with Crippen LogP contribution in [0.1, 0.15) is 59.1 Å². The third-order valence-electron chi connectivity index (χ3n) is 7.13. The predicted molar refractivity (Wildman–Crippen MR) is 150 cm³/mol. The van der Waals surface area contributed by atoms with E-state index in [0.717, 1.165) is 11.1 Å². The van der Waals surface area contributed by atoms with E-state index in [1.54, 1.807) is 18.9 Å². The fourth-order valence-corrected chi connectivity index (χ4v) is 4.67. The predicted octanol–water partition coefficient (Wildman–Crippen LogP) is 4.85. The molecule has 6 heteroatoms. The summed E-state index contributed by atoms with van der Waals surface area (Å²) in [6, 6.07) is 19.4. The first-order chi connectivity index (χ1) is 17.5. The minimum Gasteiger partial charge on any atom is -0.348 e. The van der Waals surface area contributed by atoms with Crippen LogP contribution in [0.2, 0.25) is 0 Å². The fraction of sp³-hybridized carbons (Fsp3) is 0.452. The maximum Gasteiger partial charge on any atom is 0.246 e. The summed E-state index contributed by atoms with van der Waals surface area (Å²) in [7, 11) is 1.72. The molecule has 0 aliphatic rings. The fourth-order valence-electron chi connectivity index (χ4n) is 4.67. The molecular formula is C31H43N3O3. The van der Waals surface area contributed by atoms with Crippen molar-refractivity contribution < 1.29 is 14.4 Å². The number of hydrogen-bond acceptors (Lipinski definition) is 3. The molecule has 0 saturated heterocycles. The van der Waals surface area contributed by atoms with Gasteiger partial charge in [0, 0.05) is 30.5 Å². The molecule has 0 spiro atoms. The van der Waals surface area contributed by atoms with Crippen LogP contribution in [0.3, 0.4) is 0 Å². The molecule has 0 bridgehead atoms. The van der Waals surface area contributed by atoms with Crippen LogP contribution in [-0.2, 0) is 26.3 Å². The Kier molecular flexibility index (Phi) is 11.1. The van der Waals surface area contributed by atoms with Gasteiger partial charge in [-0.3, -0.25) is 14.4 Å². The quantitative estimate of drug-likeness (QED) is 0.405. The monoisotopic (exact) mass is 505 g/mol. The molecule has 0 heterocycles. The lowest BCUT2D eigenvalue weighted by molar-refractivity contribution is -0.135. The zero-order valence-corrected chi connectivity index (χ0v) is 23.4. The first-order valence-corrected chi connectivity index (χ1v) is 13.1. The van der Waals surface area contributed by atoms with Gasteiger partial charge in [0.05, 0.1) is 12.6 Å². The molecule has 2 N–H and O–H groups in total. The van der Waals surface area contributed by atoms with Crippen LogP contribution in [0.25, 0.3) is 0 Å². The van der Waals surface area contributed by atoms with Crippen LogP contribution in [0, 0.1) is 11.8 Å². The van der Waals surface area contributed by atoms with Crippen LogP contribution in [0.5, 0.6) is 0 Å². The molecule has 0 fully saturated rings. The molecule has 200 valence electrons. The van der Waals surface area contributed by atoms with Gasteiger partial charge >= 0.3 is 0 Å². The summed E-state index contributed by atoms with van der Waals surface area (Å²) >= 11 is 0. The average Bonchev–Trinajstić information content (AvgIpc) is 2.89. The van der Waals surface area contributed by atoms with Gasteiger partial charge in [-0.05, 0) is 30.4 Å². The standard InChI is InChI=1S/C31H43N3O3/c1-8-26(31(5,6)25-17-13-10-14-18-25)30(37)33-21-28(35)34(7)27(22(2)3)19-23(4)29(36)32-20-24-15-11-9-12-16-24/h9-19,22,26-27H,8,20-21H2,1-7H3,(H,32,36)(H,33,37)/b23-19+/t26-,27-/m1/s1. The van der Waals surface area contributed by atoms with Gasteiger partial charge < -0.3 is 15.5 Å². The largest absolute Gasteiger partial charge is 0.348 e. The third kappa shape index (κ3) is 8.31. The van der Waals surface area contributed by atoms with Crippen molar-refractivity contribution >= 4 is 17.7 Å². The van der Waals surface area contributed by atoms with E-state index in [9.17, 15) is 14.4 Å². The normalized spacial score (nSPS) is 13.6. The van der Waals surface area contributed by atoms with E-state index in [1.165, 1.54) is 0 Å². The number of nitrogens with one attached hydrogen (secondary N) is 2. The lowest BCUT2D eigenvalue weighted by Gasteiger charge is -2.34. The second-order valence-corrected chi connectivity index (χ2v) is 10.5. The molecule has 37 heavy (non-hydrogen) atoms. The number of carbonyl (C=O) groups is 3. The lowest BCUT2D eigenvalue weighted by atomic mass is 9.71. The van der Waals surface area contributed by atoms with Crippen molar-refractivity contribution in [2.24, 2.45) is 11.8 Å². The van der Waals surface area contributed by atoms with Gasteiger partial charge in [-0.15, -0.1) is 0 Å². The molecule has 0 saturated carbocycles. The highest BCUT2D eigenvalue weighted by Gasteiger charge is 2.35. The Morgan fingerprint density at radius 2 is 1.51 bits per heavy atom. The number of hydrogen-bond donors (Lipinski definition) is 2. The van der Waals surface area contributed by atoms with Gasteiger partial charge in [0.1, 0.15) is 0 Å². The molecule has 0 aliphatic heterocycles. The van der Waals surface area contributed by atoms with Crippen molar-refractivity contribution in [2.45, 2.75) is 66.0 Å². The highest BCUT2D eigenvalue weighted by Crippen LogP contribution is 2.33. The summed E-state index contributed by atoms with van der Waals surface area (Å²) in [6.45, 7) is 12.2. The van der Waals surface area contributed by atoms with E-state index in [2.05, 4.69) is 24.5 Å². The van der Waals surface area contributed by atoms with Crippen LogP contribution in [-0.4, -0.2) is 42.3 Å². The van der Waals surface area contributed by atoms with Crippen molar-refractivity contribution in [3.05, 3.63) is 83.4 Å². The molecule has 2 aromatic carbocycles. The Morgan fingerprint density at radius 3 is 2.05 bits per heavy atom. The number of carbonyl (C=O) groups excluding carboxylic acids is 3. The molecule has 3 amide bonds. The molecular weight excluding hydrogens is 462 g/mol. The zero-order valence-electron chi connectivity index (χ0n) is 23.4. The SMILES string of the molecule is CC[C@H](C(=O)NCC(=O)N(C)[C@H](/C=C(\C)C(=O)NCc1ccccc1)C(C)C)C(C)(C)c1ccccc1. The summed E-state index contributed by atoms with van der Waals surface area (Å²) in [6.07, 6.45) is 2.49. The third-order valence-corrected chi connectivity index (χ3v) is 7.13. The Labute approximate surface area is 222 Å². The summed E-state index contributed by atoms with van der Waals surface area (Å²) < 4.78 is 0. The van der Waals surface area contributed by atoms with Crippen LogP contribution in [0.4, 0.5) is 0 Å². The number of rotatable bonds is 12. The molecule has 0 aliphatic carbocycles. The maximum absolute atomic E-state index is 13.1. The van der Waals surface area contributed by atoms with Gasteiger partial charge in [0.2, 0.25) is 17.7 Å². The number of amides is 3. The highest BCUT2D eigenvalue weighted by molar-refractivity contribution is 5.93. The Hall–Kier alpha value is -3.41. The molecule has 2 rings (SSSR count). The summed E-state index contributed by atoms with van der Waals surface area (Å²) in [4.78, 5) is 40.5. The van der Waals surface area contributed by atoms with E-state index < -0.39 is 0 Å². The first kappa shape index (κ1) is 29.8. The second kappa shape index (κ2) is 13.8. The van der Waals surface area contributed by atoms with Crippen LogP contribution in [0.15, 0.2) is 72.3 Å². The number of benzene rings is 2. The lowest BCUT2D eigenvalue weighted by Crippen LogP contribution is -2.48. The minimum atomic E-state index is -0.373. The van der Waals surface area contributed by atoms with Crippen LogP contribution >= 0.6 is 0 Å². The maximum atomic E-state index is 13.1. The molecule has 2 atom stereocenters. The Balaban J connectivity index is 2.02. The molecule has 0 radical (unpaired) electrons. The van der Waals surface area contributed by atoms with E-state index in [4.69, 9.17) is 0 Å².